The van der Waals surface area contributed by atoms with Crippen LogP contribution in [-0.4, -0.2) is 71.0 Å². The van der Waals surface area contributed by atoms with Crippen LogP contribution in [0, 0.1) is 6.92 Å². The maximum absolute atomic E-state index is 13.3. The second-order valence-electron chi connectivity index (χ2n) is 16.4. The Kier molecular flexibility index (Phi) is 14.0. The lowest BCUT2D eigenvalue weighted by Gasteiger charge is -2.48. The molecule has 0 spiro atoms. The molecule has 7 rings (SSSR count). The molecular weight excluding hydrogens is 667 g/mol. The summed E-state index contributed by atoms with van der Waals surface area (Å²) in [6, 6.07) is 33.4. The number of hydrogen-bond acceptors (Lipinski definition) is 6. The Balaban J connectivity index is 0.000000232. The van der Waals surface area contributed by atoms with E-state index >= 15 is 0 Å². The average Bonchev–Trinajstić information content (AvgIpc) is 3.49. The molecule has 2 heterocycles. The molecular formula is C47H63N5O2. The summed E-state index contributed by atoms with van der Waals surface area (Å²) in [7, 11) is 4.43. The highest BCUT2D eigenvalue weighted by atomic mass is 16.5. The first-order valence-electron chi connectivity index (χ1n) is 20.5. The van der Waals surface area contributed by atoms with E-state index in [2.05, 4.69) is 95.7 Å². The van der Waals surface area contributed by atoms with Crippen LogP contribution in [0.4, 0.5) is 0 Å². The van der Waals surface area contributed by atoms with Crippen LogP contribution in [0.15, 0.2) is 103 Å². The topological polar surface area (TPSA) is 83.7 Å². The molecule has 7 heteroatoms. The van der Waals surface area contributed by atoms with E-state index in [1.807, 2.05) is 30.3 Å². The van der Waals surface area contributed by atoms with Crippen LogP contribution in [0.1, 0.15) is 104 Å². The molecule has 3 N–H and O–H groups in total. The summed E-state index contributed by atoms with van der Waals surface area (Å²) in [4.78, 5) is 22.8. The molecule has 0 atom stereocenters. The van der Waals surface area contributed by atoms with Gasteiger partial charge in [0.1, 0.15) is 11.3 Å². The molecule has 288 valence electrons. The van der Waals surface area contributed by atoms with Crippen molar-refractivity contribution in [2.75, 3.05) is 27.2 Å². The van der Waals surface area contributed by atoms with Crippen molar-refractivity contribution >= 4 is 5.91 Å². The van der Waals surface area contributed by atoms with Gasteiger partial charge in [-0.25, -0.2) is 4.98 Å². The zero-order chi connectivity index (χ0) is 37.8. The first-order valence-corrected chi connectivity index (χ1v) is 20.5. The molecule has 1 aromatic heterocycles. The third-order valence-electron chi connectivity index (χ3n) is 12.6. The number of benzene rings is 3. The van der Waals surface area contributed by atoms with Gasteiger partial charge in [0.05, 0.1) is 0 Å². The number of carbonyl (C=O) groups is 1. The number of nitrogens with one attached hydrogen (secondary N) is 1. The van der Waals surface area contributed by atoms with Gasteiger partial charge < -0.3 is 20.7 Å². The minimum Gasteiger partial charge on any atom is -0.438 e. The molecule has 1 saturated heterocycles. The molecule has 4 aromatic rings. The van der Waals surface area contributed by atoms with Crippen LogP contribution in [0.25, 0.3) is 0 Å². The van der Waals surface area contributed by atoms with Crippen molar-refractivity contribution < 1.29 is 9.53 Å². The largest absolute Gasteiger partial charge is 0.438 e. The third kappa shape index (κ3) is 10.4. The lowest BCUT2D eigenvalue weighted by atomic mass is 9.74. The van der Waals surface area contributed by atoms with E-state index < -0.39 is 0 Å². The van der Waals surface area contributed by atoms with Gasteiger partial charge in [-0.15, -0.1) is 0 Å². The van der Waals surface area contributed by atoms with Gasteiger partial charge in [-0.3, -0.25) is 9.69 Å². The van der Waals surface area contributed by atoms with Crippen molar-refractivity contribution in [1.29, 1.82) is 0 Å². The number of aryl methyl sites for hydroxylation is 1. The molecule has 1 aliphatic heterocycles. The Morgan fingerprint density at radius 1 is 0.796 bits per heavy atom. The summed E-state index contributed by atoms with van der Waals surface area (Å²) >= 11 is 0. The van der Waals surface area contributed by atoms with E-state index in [4.69, 9.17) is 10.5 Å². The summed E-state index contributed by atoms with van der Waals surface area (Å²) in [5.41, 5.74) is 11.4. The first-order chi connectivity index (χ1) is 26.3. The molecule has 2 saturated carbocycles. The maximum Gasteiger partial charge on any atom is 0.257 e. The number of likely N-dealkylation sites (tertiary alicyclic amines) is 1. The van der Waals surface area contributed by atoms with Crippen molar-refractivity contribution in [3.05, 3.63) is 126 Å². The molecule has 54 heavy (non-hydrogen) atoms. The molecule has 0 bridgehead atoms. The molecule has 2 aliphatic carbocycles. The highest BCUT2D eigenvalue weighted by Gasteiger charge is 2.41. The number of amides is 1. The first kappa shape index (κ1) is 39.6. The molecule has 3 aromatic carbocycles. The Hall–Kier alpha value is -4.04. The monoisotopic (exact) mass is 729 g/mol. The van der Waals surface area contributed by atoms with Gasteiger partial charge in [-0.05, 0) is 152 Å². The fourth-order valence-corrected chi connectivity index (χ4v) is 9.06. The normalized spacial score (nSPS) is 24.8. The van der Waals surface area contributed by atoms with Gasteiger partial charge in [-0.2, -0.15) is 0 Å². The van der Waals surface area contributed by atoms with E-state index in [1.54, 1.807) is 18.3 Å². The van der Waals surface area contributed by atoms with E-state index in [0.29, 0.717) is 28.8 Å². The third-order valence-corrected chi connectivity index (χ3v) is 12.6. The lowest BCUT2D eigenvalue weighted by Crippen LogP contribution is -2.55. The summed E-state index contributed by atoms with van der Waals surface area (Å²) in [5.74, 6) is 0.912. The number of carbonyl (C=O) groups excluding carboxylic acids is 1. The maximum atomic E-state index is 13.3. The Morgan fingerprint density at radius 2 is 1.43 bits per heavy atom. The standard InChI is InChI=1S/C31H37N3O2.C16H26N2/c35-29(28-16-11-21-32-30(28)36-27-14-7-4-8-15-27)33-26-17-19-31(20-18-26,24-25-12-5-3-6-13-25)34-22-9-1-2-10-23-34;1-13-6-4-5-7-14(13)12-16(18(2)3)10-8-15(17)9-11-16/h3-8,11-16,21,26H,1-2,9-10,17-20,22-24H2,(H,33,35);4-7,15H,8-12,17H2,1-3H3. The smallest absolute Gasteiger partial charge is 0.257 e. The number of likely N-dealkylation sites (N-methyl/N-ethyl adjacent to an activating group) is 1. The van der Waals surface area contributed by atoms with Crippen molar-refractivity contribution in [2.24, 2.45) is 5.73 Å². The number of aromatic nitrogens is 1. The Labute approximate surface area is 324 Å². The van der Waals surface area contributed by atoms with Crippen LogP contribution >= 0.6 is 0 Å². The second-order valence-corrected chi connectivity index (χ2v) is 16.4. The minimum absolute atomic E-state index is 0.107. The van der Waals surface area contributed by atoms with Gasteiger partial charge in [0.2, 0.25) is 5.88 Å². The summed E-state index contributed by atoms with van der Waals surface area (Å²) in [5, 5.41) is 3.30. The van der Waals surface area contributed by atoms with Gasteiger partial charge in [0, 0.05) is 29.4 Å². The van der Waals surface area contributed by atoms with Crippen LogP contribution in [-0.2, 0) is 12.8 Å². The average molecular weight is 730 g/mol. The van der Waals surface area contributed by atoms with Crippen molar-refractivity contribution in [3.8, 4) is 11.6 Å². The van der Waals surface area contributed by atoms with Gasteiger partial charge in [0.25, 0.3) is 5.91 Å². The number of hydrogen-bond donors (Lipinski definition) is 2. The Morgan fingerprint density at radius 3 is 2.07 bits per heavy atom. The number of ether oxygens (including phenoxy) is 1. The fourth-order valence-electron chi connectivity index (χ4n) is 9.06. The SMILES string of the molecule is Cc1ccccc1CC1(N(C)C)CCC(N)CC1.O=C(NC1CCC(Cc2ccccc2)(N2CCCCCC2)CC1)c1cccnc1Oc1ccccc1. The minimum atomic E-state index is -0.107. The highest BCUT2D eigenvalue weighted by molar-refractivity contribution is 5.96. The molecule has 3 aliphatic rings. The molecule has 7 nitrogen and oxygen atoms in total. The fraction of sp³-hybridized carbons (Fsp3) is 0.489. The van der Waals surface area contributed by atoms with Crippen LogP contribution < -0.4 is 15.8 Å². The zero-order valence-electron chi connectivity index (χ0n) is 33.0. The van der Waals surface area contributed by atoms with Crippen molar-refractivity contribution in [2.45, 2.75) is 120 Å². The van der Waals surface area contributed by atoms with Crippen LogP contribution in [0.3, 0.4) is 0 Å². The quantitative estimate of drug-likeness (QED) is 0.170. The van der Waals surface area contributed by atoms with Gasteiger partial charge in [0.15, 0.2) is 0 Å². The van der Waals surface area contributed by atoms with E-state index in [0.717, 1.165) is 51.4 Å². The number of rotatable bonds is 10. The molecule has 0 unspecified atom stereocenters. The number of nitrogens with zero attached hydrogens (tertiary/aromatic N) is 3. The van der Waals surface area contributed by atoms with Crippen molar-refractivity contribution in [1.82, 2.24) is 20.1 Å². The van der Waals surface area contributed by atoms with Gasteiger partial charge in [-0.1, -0.05) is 85.6 Å². The van der Waals surface area contributed by atoms with E-state index in [1.165, 1.54) is 68.3 Å². The second kappa shape index (κ2) is 19.0. The molecule has 1 amide bonds. The molecule has 0 radical (unpaired) electrons. The number of pyridine rings is 1. The van der Waals surface area contributed by atoms with Crippen molar-refractivity contribution in [3.63, 3.8) is 0 Å². The Bertz CT molecular complexity index is 1720. The number of nitrogens with two attached hydrogens (primary N) is 1. The van der Waals surface area contributed by atoms with E-state index in [-0.39, 0.29) is 17.5 Å². The van der Waals surface area contributed by atoms with Gasteiger partial charge >= 0.3 is 0 Å². The molecule has 3 fully saturated rings. The number of para-hydroxylation sites is 1. The predicted molar refractivity (Wildman–Crippen MR) is 221 cm³/mol. The van der Waals surface area contributed by atoms with Crippen LogP contribution in [0.5, 0.6) is 11.6 Å². The zero-order valence-corrected chi connectivity index (χ0v) is 33.0. The predicted octanol–water partition coefficient (Wildman–Crippen LogP) is 9.14. The van der Waals surface area contributed by atoms with Crippen LogP contribution in [0.2, 0.25) is 0 Å². The summed E-state index contributed by atoms with van der Waals surface area (Å²) in [6.07, 6.45) is 18.1. The van der Waals surface area contributed by atoms with E-state index in [9.17, 15) is 4.79 Å². The lowest BCUT2D eigenvalue weighted by molar-refractivity contribution is 0.0428. The summed E-state index contributed by atoms with van der Waals surface area (Å²) < 4.78 is 5.93. The summed E-state index contributed by atoms with van der Waals surface area (Å²) in [6.45, 7) is 4.60. The highest BCUT2D eigenvalue weighted by Crippen LogP contribution is 2.39.